The molecule has 122 valence electrons. The van der Waals surface area contributed by atoms with E-state index in [1.165, 1.54) is 44.9 Å². The van der Waals surface area contributed by atoms with Crippen LogP contribution >= 0.6 is 0 Å². The van der Waals surface area contributed by atoms with Gasteiger partial charge in [-0.1, -0.05) is 57.9 Å². The summed E-state index contributed by atoms with van der Waals surface area (Å²) in [5, 5.41) is 0. The fourth-order valence-corrected chi connectivity index (χ4v) is 7.68. The van der Waals surface area contributed by atoms with E-state index in [1.54, 1.807) is 5.57 Å². The van der Waals surface area contributed by atoms with Gasteiger partial charge in [0.1, 0.15) is 0 Å². The lowest BCUT2D eigenvalue weighted by atomic mass is 9.47. The second kappa shape index (κ2) is 4.99. The van der Waals surface area contributed by atoms with E-state index < -0.39 is 0 Å². The molecule has 4 aliphatic carbocycles. The molecule has 22 heavy (non-hydrogen) atoms. The predicted octanol–water partition coefficient (Wildman–Crippen LogP) is 6.39. The van der Waals surface area contributed by atoms with Gasteiger partial charge in [-0.2, -0.15) is 0 Å². The first-order valence-corrected chi connectivity index (χ1v) is 9.88. The molecule has 0 aromatic rings. The Kier molecular flexibility index (Phi) is 3.41. The zero-order chi connectivity index (χ0) is 15.5. The van der Waals surface area contributed by atoms with E-state index in [2.05, 4.69) is 45.9 Å². The standard InChI is InChI=1S/C22H34/c1-5-18-15(2)14-20-17-10-9-16-8-6-7-12-21(16,3)19(17)11-13-22(18,20)4/h7-8,12,15,17-20H,5-6,9-11,13-14H2,1-4H3/t15-,17+,18-,19-,20-,21-,22+/m0/s1. The van der Waals surface area contributed by atoms with Crippen LogP contribution < -0.4 is 0 Å². The molecule has 0 nitrogen and oxygen atoms in total. The second-order valence-electron chi connectivity index (χ2n) is 9.34. The fourth-order valence-electron chi connectivity index (χ4n) is 7.68. The summed E-state index contributed by atoms with van der Waals surface area (Å²) < 4.78 is 0. The molecule has 0 aliphatic heterocycles. The molecular weight excluding hydrogens is 264 g/mol. The number of hydrogen-bond donors (Lipinski definition) is 0. The summed E-state index contributed by atoms with van der Waals surface area (Å²) in [4.78, 5) is 0. The van der Waals surface area contributed by atoms with Crippen molar-refractivity contribution in [3.8, 4) is 0 Å². The van der Waals surface area contributed by atoms with Crippen molar-refractivity contribution < 1.29 is 0 Å². The zero-order valence-corrected chi connectivity index (χ0v) is 15.1. The Hall–Kier alpha value is -0.520. The van der Waals surface area contributed by atoms with Gasteiger partial charge in [-0.05, 0) is 73.5 Å². The lowest BCUT2D eigenvalue weighted by Crippen LogP contribution is -2.49. The Morgan fingerprint density at radius 1 is 1.18 bits per heavy atom. The normalized spacial score (nSPS) is 53.5. The average molecular weight is 299 g/mol. The quantitative estimate of drug-likeness (QED) is 0.492. The summed E-state index contributed by atoms with van der Waals surface area (Å²) >= 11 is 0. The molecule has 3 fully saturated rings. The maximum absolute atomic E-state index is 2.66. The molecule has 3 saturated carbocycles. The predicted molar refractivity (Wildman–Crippen MR) is 94.6 cm³/mol. The first-order chi connectivity index (χ1) is 10.5. The molecule has 0 heterocycles. The van der Waals surface area contributed by atoms with Crippen molar-refractivity contribution in [1.82, 2.24) is 0 Å². The van der Waals surface area contributed by atoms with Gasteiger partial charge in [-0.25, -0.2) is 0 Å². The zero-order valence-electron chi connectivity index (χ0n) is 15.1. The summed E-state index contributed by atoms with van der Waals surface area (Å²) in [7, 11) is 0. The monoisotopic (exact) mass is 298 g/mol. The molecule has 0 amide bonds. The molecule has 0 aromatic heterocycles. The number of allylic oxidation sites excluding steroid dienone is 4. The third kappa shape index (κ3) is 1.82. The Morgan fingerprint density at radius 3 is 2.77 bits per heavy atom. The largest absolute Gasteiger partial charge is 0.0839 e. The first kappa shape index (κ1) is 15.0. The third-order valence-corrected chi connectivity index (χ3v) is 8.65. The van der Waals surface area contributed by atoms with E-state index in [1.807, 2.05) is 0 Å². The van der Waals surface area contributed by atoms with Gasteiger partial charge < -0.3 is 0 Å². The SMILES string of the molecule is CC[C@H]1[C@@H](C)C[C@H]2[C@@H]3CCC4=CCC=C[C@]4(C)[C@H]3CC[C@@]21C. The highest BCUT2D eigenvalue weighted by atomic mass is 14.6. The van der Waals surface area contributed by atoms with Gasteiger partial charge in [0.15, 0.2) is 0 Å². The number of rotatable bonds is 1. The van der Waals surface area contributed by atoms with Crippen LogP contribution in [-0.2, 0) is 0 Å². The van der Waals surface area contributed by atoms with Gasteiger partial charge in [0.05, 0.1) is 0 Å². The molecule has 0 bridgehead atoms. The molecule has 0 spiro atoms. The van der Waals surface area contributed by atoms with Crippen molar-refractivity contribution in [3.63, 3.8) is 0 Å². The molecule has 4 rings (SSSR count). The van der Waals surface area contributed by atoms with Crippen LogP contribution in [0.15, 0.2) is 23.8 Å². The number of fused-ring (bicyclic) bond motifs is 5. The smallest absolute Gasteiger partial charge is 0.00936 e. The van der Waals surface area contributed by atoms with E-state index in [0.29, 0.717) is 10.8 Å². The number of hydrogen-bond acceptors (Lipinski definition) is 0. The van der Waals surface area contributed by atoms with Crippen LogP contribution in [-0.4, -0.2) is 0 Å². The van der Waals surface area contributed by atoms with Gasteiger partial charge in [0.25, 0.3) is 0 Å². The van der Waals surface area contributed by atoms with Gasteiger partial charge in [-0.3, -0.25) is 0 Å². The highest BCUT2D eigenvalue weighted by Gasteiger charge is 2.59. The van der Waals surface area contributed by atoms with E-state index in [9.17, 15) is 0 Å². The van der Waals surface area contributed by atoms with Crippen LogP contribution in [0.4, 0.5) is 0 Å². The summed E-state index contributed by atoms with van der Waals surface area (Å²) in [5.74, 6) is 4.84. The Labute approximate surface area is 137 Å². The van der Waals surface area contributed by atoms with Gasteiger partial charge in [-0.15, -0.1) is 0 Å². The highest BCUT2D eigenvalue weighted by Crippen LogP contribution is 2.67. The van der Waals surface area contributed by atoms with Crippen LogP contribution in [0.2, 0.25) is 0 Å². The van der Waals surface area contributed by atoms with Crippen LogP contribution in [0.3, 0.4) is 0 Å². The Balaban J connectivity index is 1.69. The topological polar surface area (TPSA) is 0 Å². The minimum atomic E-state index is 0.399. The maximum Gasteiger partial charge on any atom is 0.00936 e. The van der Waals surface area contributed by atoms with E-state index in [4.69, 9.17) is 0 Å². The van der Waals surface area contributed by atoms with Gasteiger partial charge in [0.2, 0.25) is 0 Å². The van der Waals surface area contributed by atoms with E-state index >= 15 is 0 Å². The maximum atomic E-state index is 2.66. The lowest BCUT2D eigenvalue weighted by molar-refractivity contribution is -0.0350. The first-order valence-electron chi connectivity index (χ1n) is 9.88. The van der Waals surface area contributed by atoms with Crippen molar-refractivity contribution in [3.05, 3.63) is 23.8 Å². The van der Waals surface area contributed by atoms with Crippen molar-refractivity contribution in [2.24, 2.45) is 40.4 Å². The minimum absolute atomic E-state index is 0.399. The third-order valence-electron chi connectivity index (χ3n) is 8.65. The molecule has 4 aliphatic rings. The van der Waals surface area contributed by atoms with Crippen LogP contribution in [0.5, 0.6) is 0 Å². The summed E-state index contributed by atoms with van der Waals surface area (Å²) in [6.07, 6.45) is 17.5. The summed E-state index contributed by atoms with van der Waals surface area (Å²) in [5.41, 5.74) is 2.82. The summed E-state index contributed by atoms with van der Waals surface area (Å²) in [6.45, 7) is 10.2. The van der Waals surface area contributed by atoms with Crippen molar-refractivity contribution in [1.29, 1.82) is 0 Å². The molecule has 0 radical (unpaired) electrons. The summed E-state index contributed by atoms with van der Waals surface area (Å²) in [6, 6.07) is 0. The minimum Gasteiger partial charge on any atom is -0.0839 e. The molecule has 0 N–H and O–H groups in total. The molecule has 0 heteroatoms. The molecule has 0 saturated heterocycles. The van der Waals surface area contributed by atoms with Crippen LogP contribution in [0.1, 0.15) is 72.6 Å². The second-order valence-corrected chi connectivity index (χ2v) is 9.34. The van der Waals surface area contributed by atoms with Crippen molar-refractivity contribution in [2.45, 2.75) is 72.6 Å². The fraction of sp³-hybridized carbons (Fsp3) is 0.818. The molecule has 0 unspecified atom stereocenters. The van der Waals surface area contributed by atoms with Crippen LogP contribution in [0, 0.1) is 40.4 Å². The van der Waals surface area contributed by atoms with E-state index in [0.717, 1.165) is 29.6 Å². The van der Waals surface area contributed by atoms with Gasteiger partial charge in [0, 0.05) is 5.41 Å². The molecule has 7 atom stereocenters. The lowest BCUT2D eigenvalue weighted by Gasteiger charge is -2.57. The average Bonchev–Trinajstić information content (AvgIpc) is 2.76. The molecule has 0 aromatic carbocycles. The highest BCUT2D eigenvalue weighted by molar-refractivity contribution is 5.31. The molecular formula is C22H34. The van der Waals surface area contributed by atoms with E-state index in [-0.39, 0.29) is 0 Å². The van der Waals surface area contributed by atoms with Crippen LogP contribution in [0.25, 0.3) is 0 Å². The van der Waals surface area contributed by atoms with Gasteiger partial charge >= 0.3 is 0 Å². The Bertz CT molecular complexity index is 512. The van der Waals surface area contributed by atoms with Crippen molar-refractivity contribution in [2.75, 3.05) is 0 Å². The Morgan fingerprint density at radius 2 is 2.00 bits per heavy atom. The van der Waals surface area contributed by atoms with Crippen molar-refractivity contribution >= 4 is 0 Å².